The first-order chi connectivity index (χ1) is 10.2. The van der Waals surface area contributed by atoms with E-state index in [4.69, 9.17) is 9.84 Å². The minimum Gasteiger partial charge on any atom is -0.481 e. The van der Waals surface area contributed by atoms with Gasteiger partial charge in [0.1, 0.15) is 0 Å². The molecule has 6 heteroatoms. The van der Waals surface area contributed by atoms with Crippen molar-refractivity contribution in [3.8, 4) is 0 Å². The first kappa shape index (κ1) is 17.7. The molecule has 0 aromatic heterocycles. The second kappa shape index (κ2) is 7.59. The van der Waals surface area contributed by atoms with Crippen molar-refractivity contribution in [3.63, 3.8) is 0 Å². The number of nitrogens with one attached hydrogen (secondary N) is 1. The summed E-state index contributed by atoms with van der Waals surface area (Å²) in [5, 5.41) is 11.5. The van der Waals surface area contributed by atoms with Gasteiger partial charge in [0.05, 0.1) is 18.6 Å². The van der Waals surface area contributed by atoms with E-state index < -0.39 is 17.4 Å². The minimum atomic E-state index is -0.934. The van der Waals surface area contributed by atoms with E-state index >= 15 is 0 Å². The molecule has 6 nitrogen and oxygen atoms in total. The third kappa shape index (κ3) is 5.95. The van der Waals surface area contributed by atoms with Gasteiger partial charge >= 0.3 is 11.9 Å². The third-order valence-corrected chi connectivity index (χ3v) is 2.95. The van der Waals surface area contributed by atoms with E-state index in [-0.39, 0.29) is 18.7 Å². The van der Waals surface area contributed by atoms with Gasteiger partial charge in [-0.2, -0.15) is 0 Å². The molecule has 0 aliphatic heterocycles. The average Bonchev–Trinajstić information content (AvgIpc) is 2.37. The van der Waals surface area contributed by atoms with Gasteiger partial charge in [-0.1, -0.05) is 13.8 Å². The molecule has 0 atom stereocenters. The van der Waals surface area contributed by atoms with Crippen molar-refractivity contribution in [2.45, 2.75) is 33.6 Å². The summed E-state index contributed by atoms with van der Waals surface area (Å²) in [6.45, 7) is 5.48. The Hall–Kier alpha value is -2.37. The van der Waals surface area contributed by atoms with E-state index in [0.717, 1.165) is 0 Å². The van der Waals surface area contributed by atoms with Crippen LogP contribution in [0.15, 0.2) is 24.3 Å². The number of rotatable bonds is 7. The van der Waals surface area contributed by atoms with Crippen LogP contribution in [0.2, 0.25) is 0 Å². The number of benzene rings is 1. The molecule has 0 saturated carbocycles. The standard InChI is InChI=1S/C16H21NO5/c1-4-22-15(21)11-5-7-12(8-6-11)17-13(18)9-16(2,3)10-14(19)20/h5-8H,4,9-10H2,1-3H3,(H,17,18)(H,19,20). The minimum absolute atomic E-state index is 0.0811. The van der Waals surface area contributed by atoms with Crippen LogP contribution < -0.4 is 5.32 Å². The lowest BCUT2D eigenvalue weighted by molar-refractivity contribution is -0.139. The zero-order valence-corrected chi connectivity index (χ0v) is 13.0. The summed E-state index contributed by atoms with van der Waals surface area (Å²) in [7, 11) is 0. The largest absolute Gasteiger partial charge is 0.481 e. The highest BCUT2D eigenvalue weighted by Crippen LogP contribution is 2.25. The lowest BCUT2D eigenvalue weighted by Crippen LogP contribution is -2.24. The molecular weight excluding hydrogens is 286 g/mol. The molecule has 0 heterocycles. The molecule has 1 rings (SSSR count). The van der Waals surface area contributed by atoms with Crippen LogP contribution in [-0.2, 0) is 14.3 Å². The molecular formula is C16H21NO5. The van der Waals surface area contributed by atoms with Gasteiger partial charge in [-0.25, -0.2) is 4.79 Å². The Balaban J connectivity index is 2.62. The lowest BCUT2D eigenvalue weighted by Gasteiger charge is -2.21. The fourth-order valence-electron chi connectivity index (χ4n) is 2.02. The van der Waals surface area contributed by atoms with Crippen LogP contribution >= 0.6 is 0 Å². The van der Waals surface area contributed by atoms with Gasteiger partial charge in [0, 0.05) is 12.1 Å². The molecule has 22 heavy (non-hydrogen) atoms. The van der Waals surface area contributed by atoms with E-state index in [9.17, 15) is 14.4 Å². The summed E-state index contributed by atoms with van der Waals surface area (Å²) in [4.78, 5) is 34.2. The summed E-state index contributed by atoms with van der Waals surface area (Å²) < 4.78 is 4.87. The highest BCUT2D eigenvalue weighted by atomic mass is 16.5. The van der Waals surface area contributed by atoms with Gasteiger partial charge < -0.3 is 15.2 Å². The Bertz CT molecular complexity index is 548. The van der Waals surface area contributed by atoms with Gasteiger partial charge in [-0.3, -0.25) is 9.59 Å². The fraction of sp³-hybridized carbons (Fsp3) is 0.438. The van der Waals surface area contributed by atoms with Crippen LogP contribution in [0.5, 0.6) is 0 Å². The predicted octanol–water partition coefficient (Wildman–Crippen LogP) is 2.69. The summed E-state index contributed by atoms with van der Waals surface area (Å²) in [6, 6.07) is 6.34. The number of ether oxygens (including phenoxy) is 1. The fourth-order valence-corrected chi connectivity index (χ4v) is 2.02. The summed E-state index contributed by atoms with van der Waals surface area (Å²) in [5.41, 5.74) is 0.330. The Morgan fingerprint density at radius 3 is 2.23 bits per heavy atom. The van der Waals surface area contributed by atoms with Gasteiger partial charge in [0.2, 0.25) is 5.91 Å². The summed E-state index contributed by atoms with van der Waals surface area (Å²) in [6.07, 6.45) is 0.0150. The van der Waals surface area contributed by atoms with Crippen molar-refractivity contribution >= 4 is 23.5 Å². The Morgan fingerprint density at radius 2 is 1.73 bits per heavy atom. The number of hydrogen-bond donors (Lipinski definition) is 2. The molecule has 1 aromatic carbocycles. The molecule has 1 aromatic rings. The molecule has 1 amide bonds. The van der Waals surface area contributed by atoms with E-state index in [1.807, 2.05) is 0 Å². The summed E-state index contributed by atoms with van der Waals surface area (Å²) >= 11 is 0. The topological polar surface area (TPSA) is 92.7 Å². The Kier molecular flexibility index (Phi) is 6.10. The van der Waals surface area contributed by atoms with Crippen molar-refractivity contribution in [2.75, 3.05) is 11.9 Å². The maximum atomic E-state index is 11.9. The highest BCUT2D eigenvalue weighted by Gasteiger charge is 2.25. The number of esters is 1. The number of hydrogen-bond acceptors (Lipinski definition) is 4. The van der Waals surface area contributed by atoms with Gasteiger partial charge in [0.15, 0.2) is 0 Å². The first-order valence-corrected chi connectivity index (χ1v) is 7.02. The highest BCUT2D eigenvalue weighted by molar-refractivity contribution is 5.93. The number of carbonyl (C=O) groups excluding carboxylic acids is 2. The number of anilines is 1. The number of aliphatic carboxylic acids is 1. The molecule has 2 N–H and O–H groups in total. The molecule has 0 aliphatic rings. The first-order valence-electron chi connectivity index (χ1n) is 7.02. The van der Waals surface area contributed by atoms with Crippen LogP contribution in [0, 0.1) is 5.41 Å². The van der Waals surface area contributed by atoms with Gasteiger partial charge in [-0.15, -0.1) is 0 Å². The maximum absolute atomic E-state index is 11.9. The molecule has 0 saturated heterocycles. The Morgan fingerprint density at radius 1 is 1.14 bits per heavy atom. The number of carboxylic acids is 1. The van der Waals surface area contributed by atoms with Crippen LogP contribution in [-0.4, -0.2) is 29.6 Å². The Labute approximate surface area is 129 Å². The van der Waals surface area contributed by atoms with E-state index in [0.29, 0.717) is 17.9 Å². The van der Waals surface area contributed by atoms with Crippen LogP contribution in [0.3, 0.4) is 0 Å². The monoisotopic (exact) mass is 307 g/mol. The molecule has 0 aliphatic carbocycles. The zero-order valence-electron chi connectivity index (χ0n) is 13.0. The lowest BCUT2D eigenvalue weighted by atomic mass is 9.85. The second-order valence-electron chi connectivity index (χ2n) is 5.76. The van der Waals surface area contributed by atoms with Gasteiger partial charge in [-0.05, 0) is 36.6 Å². The quantitative estimate of drug-likeness (QED) is 0.755. The summed E-state index contributed by atoms with van der Waals surface area (Å²) in [5.74, 6) is -1.62. The third-order valence-electron chi connectivity index (χ3n) is 2.95. The normalized spacial score (nSPS) is 10.9. The predicted molar refractivity (Wildman–Crippen MR) is 81.7 cm³/mol. The van der Waals surface area contributed by atoms with E-state index in [1.165, 1.54) is 0 Å². The number of carbonyl (C=O) groups is 3. The number of carboxylic acid groups (broad SMARTS) is 1. The zero-order chi connectivity index (χ0) is 16.8. The number of amides is 1. The van der Waals surface area contributed by atoms with Crippen molar-refractivity contribution in [2.24, 2.45) is 5.41 Å². The van der Waals surface area contributed by atoms with E-state index in [1.54, 1.807) is 45.0 Å². The van der Waals surface area contributed by atoms with Crippen LogP contribution in [0.1, 0.15) is 44.0 Å². The SMILES string of the molecule is CCOC(=O)c1ccc(NC(=O)CC(C)(C)CC(=O)O)cc1. The van der Waals surface area contributed by atoms with Crippen LogP contribution in [0.25, 0.3) is 0 Å². The molecule has 0 bridgehead atoms. The molecule has 0 fully saturated rings. The van der Waals surface area contributed by atoms with Crippen molar-refractivity contribution in [1.29, 1.82) is 0 Å². The molecule has 0 radical (unpaired) electrons. The van der Waals surface area contributed by atoms with Crippen molar-refractivity contribution < 1.29 is 24.2 Å². The second-order valence-corrected chi connectivity index (χ2v) is 5.76. The van der Waals surface area contributed by atoms with E-state index in [2.05, 4.69) is 5.32 Å². The van der Waals surface area contributed by atoms with Crippen molar-refractivity contribution in [3.05, 3.63) is 29.8 Å². The maximum Gasteiger partial charge on any atom is 0.338 e. The van der Waals surface area contributed by atoms with Crippen LogP contribution in [0.4, 0.5) is 5.69 Å². The smallest absolute Gasteiger partial charge is 0.338 e. The van der Waals surface area contributed by atoms with Crippen molar-refractivity contribution in [1.82, 2.24) is 0 Å². The molecule has 0 spiro atoms. The average molecular weight is 307 g/mol. The van der Waals surface area contributed by atoms with Gasteiger partial charge in [0.25, 0.3) is 0 Å². The molecule has 0 unspecified atom stereocenters. The molecule has 120 valence electrons.